The Morgan fingerprint density at radius 3 is 2.00 bits per heavy atom. The third-order valence-corrected chi connectivity index (χ3v) is 5.30. The van der Waals surface area contributed by atoms with Crippen LogP contribution in [-0.2, 0) is 0 Å². The van der Waals surface area contributed by atoms with Gasteiger partial charge in [-0.15, -0.1) is 6.58 Å². The van der Waals surface area contributed by atoms with E-state index in [1.54, 1.807) is 0 Å². The van der Waals surface area contributed by atoms with Crippen molar-refractivity contribution in [2.45, 2.75) is 77.6 Å². The molecule has 0 unspecified atom stereocenters. The lowest BCUT2D eigenvalue weighted by atomic mass is 9.82. The lowest BCUT2D eigenvalue weighted by Crippen LogP contribution is -2.19. The Morgan fingerprint density at radius 1 is 0.800 bits per heavy atom. The molecular formula is C25H36. The number of benzene rings is 1. The SMILES string of the molecule is C=CCC1(C/C=C/CCCCCCCCCC)C=c2ccccc2=C1. The number of hydrogen-bond donors (Lipinski definition) is 0. The molecule has 0 spiro atoms. The molecule has 0 heteroatoms. The monoisotopic (exact) mass is 336 g/mol. The normalized spacial score (nSPS) is 14.9. The maximum Gasteiger partial charge on any atom is 0.0148 e. The quantitative estimate of drug-likeness (QED) is 0.293. The molecule has 2 rings (SSSR count). The van der Waals surface area contributed by atoms with Crippen molar-refractivity contribution in [1.82, 2.24) is 0 Å². The maximum atomic E-state index is 3.97. The second-order valence-electron chi connectivity index (χ2n) is 7.58. The smallest absolute Gasteiger partial charge is 0.0148 e. The Labute approximate surface area is 155 Å². The molecule has 0 bridgehead atoms. The fraction of sp³-hybridized carbons (Fsp3) is 0.520. The van der Waals surface area contributed by atoms with Crippen molar-refractivity contribution >= 4 is 12.2 Å². The molecule has 1 aromatic rings. The van der Waals surface area contributed by atoms with Crippen molar-refractivity contribution in [2.75, 3.05) is 0 Å². The third kappa shape index (κ3) is 6.69. The molecule has 0 atom stereocenters. The standard InChI is InChI=1S/C25H36/c1-3-5-6-7-8-9-10-11-12-13-16-20-25(19-4-2)21-23-17-14-15-18-24(23)22-25/h4,13-18,21-22H,2-3,5-12,19-20H2,1H3/b16-13+. The zero-order valence-electron chi connectivity index (χ0n) is 16.2. The molecule has 0 fully saturated rings. The van der Waals surface area contributed by atoms with Crippen LogP contribution in [0.2, 0.25) is 0 Å². The van der Waals surface area contributed by atoms with Crippen molar-refractivity contribution < 1.29 is 0 Å². The van der Waals surface area contributed by atoms with Gasteiger partial charge in [0, 0.05) is 5.41 Å². The molecule has 0 nitrogen and oxygen atoms in total. The first-order valence-electron chi connectivity index (χ1n) is 10.4. The largest absolute Gasteiger partial charge is 0.103 e. The molecule has 0 amide bonds. The van der Waals surface area contributed by atoms with E-state index >= 15 is 0 Å². The summed E-state index contributed by atoms with van der Waals surface area (Å²) in [5.41, 5.74) is 0.140. The van der Waals surface area contributed by atoms with Gasteiger partial charge in [-0.05, 0) is 36.1 Å². The Morgan fingerprint density at radius 2 is 1.40 bits per heavy atom. The average molecular weight is 337 g/mol. The van der Waals surface area contributed by atoms with Crippen LogP contribution in [0.4, 0.5) is 0 Å². The highest BCUT2D eigenvalue weighted by molar-refractivity contribution is 5.57. The first-order valence-corrected chi connectivity index (χ1v) is 10.4. The lowest BCUT2D eigenvalue weighted by Gasteiger charge is -2.21. The number of unbranched alkanes of at least 4 members (excludes halogenated alkanes) is 8. The van der Waals surface area contributed by atoms with E-state index in [0.29, 0.717) is 0 Å². The highest BCUT2D eigenvalue weighted by Gasteiger charge is 2.24. The third-order valence-electron chi connectivity index (χ3n) is 5.30. The minimum absolute atomic E-state index is 0.140. The molecule has 0 saturated heterocycles. The van der Waals surface area contributed by atoms with Gasteiger partial charge in [-0.1, -0.05) is 107 Å². The van der Waals surface area contributed by atoms with Gasteiger partial charge in [-0.3, -0.25) is 0 Å². The molecule has 0 heterocycles. The molecular weight excluding hydrogens is 300 g/mol. The number of fused-ring (bicyclic) bond motifs is 1. The van der Waals surface area contributed by atoms with Gasteiger partial charge in [0.2, 0.25) is 0 Å². The molecule has 0 aromatic heterocycles. The molecule has 1 aromatic carbocycles. The molecule has 0 saturated carbocycles. The molecule has 0 radical (unpaired) electrons. The summed E-state index contributed by atoms with van der Waals surface area (Å²) in [5, 5.41) is 2.75. The second-order valence-corrected chi connectivity index (χ2v) is 7.58. The summed E-state index contributed by atoms with van der Waals surface area (Å²) in [6.07, 6.45) is 26.2. The summed E-state index contributed by atoms with van der Waals surface area (Å²) < 4.78 is 0. The van der Waals surface area contributed by atoms with Gasteiger partial charge in [0.05, 0.1) is 0 Å². The van der Waals surface area contributed by atoms with E-state index in [0.717, 1.165) is 12.8 Å². The van der Waals surface area contributed by atoms with Gasteiger partial charge in [-0.2, -0.15) is 0 Å². The summed E-state index contributed by atoms with van der Waals surface area (Å²) >= 11 is 0. The van der Waals surface area contributed by atoms with Crippen LogP contribution in [0.25, 0.3) is 12.2 Å². The van der Waals surface area contributed by atoms with Crippen molar-refractivity contribution in [3.63, 3.8) is 0 Å². The van der Waals surface area contributed by atoms with Gasteiger partial charge >= 0.3 is 0 Å². The van der Waals surface area contributed by atoms with E-state index < -0.39 is 0 Å². The zero-order valence-corrected chi connectivity index (χ0v) is 16.2. The van der Waals surface area contributed by atoms with Crippen LogP contribution in [0.1, 0.15) is 77.6 Å². The number of hydrogen-bond acceptors (Lipinski definition) is 0. The van der Waals surface area contributed by atoms with E-state index in [4.69, 9.17) is 0 Å². The molecule has 136 valence electrons. The van der Waals surface area contributed by atoms with Crippen LogP contribution in [0.3, 0.4) is 0 Å². The van der Waals surface area contributed by atoms with Crippen LogP contribution in [-0.4, -0.2) is 0 Å². The molecule has 25 heavy (non-hydrogen) atoms. The van der Waals surface area contributed by atoms with E-state index in [9.17, 15) is 0 Å². The molecule has 0 N–H and O–H groups in total. The van der Waals surface area contributed by atoms with Gasteiger partial charge < -0.3 is 0 Å². The Balaban J connectivity index is 1.69. The summed E-state index contributed by atoms with van der Waals surface area (Å²) in [7, 11) is 0. The fourth-order valence-electron chi connectivity index (χ4n) is 3.84. The van der Waals surface area contributed by atoms with E-state index in [2.05, 4.69) is 68.1 Å². The van der Waals surface area contributed by atoms with Crippen molar-refractivity contribution in [3.05, 3.63) is 59.5 Å². The van der Waals surface area contributed by atoms with Gasteiger partial charge in [0.15, 0.2) is 0 Å². The predicted octanol–water partition coefficient (Wildman–Crippen LogP) is 6.30. The summed E-state index contributed by atoms with van der Waals surface area (Å²) in [5.74, 6) is 0. The first kappa shape index (κ1) is 19.8. The molecule has 0 aliphatic heterocycles. The number of rotatable bonds is 13. The van der Waals surface area contributed by atoms with Crippen molar-refractivity contribution in [2.24, 2.45) is 5.41 Å². The predicted molar refractivity (Wildman–Crippen MR) is 113 cm³/mol. The summed E-state index contributed by atoms with van der Waals surface area (Å²) in [6, 6.07) is 8.71. The minimum atomic E-state index is 0.140. The highest BCUT2D eigenvalue weighted by atomic mass is 14.3. The Hall–Kier alpha value is -1.56. The van der Waals surface area contributed by atoms with Crippen molar-refractivity contribution in [3.8, 4) is 0 Å². The zero-order chi connectivity index (χ0) is 17.8. The Bertz CT molecular complexity index is 612. The van der Waals surface area contributed by atoms with Crippen LogP contribution >= 0.6 is 0 Å². The van der Waals surface area contributed by atoms with E-state index in [1.165, 1.54) is 68.2 Å². The minimum Gasteiger partial charge on any atom is -0.103 e. The van der Waals surface area contributed by atoms with E-state index in [1.807, 2.05) is 0 Å². The first-order chi connectivity index (χ1) is 12.3. The molecule has 1 aliphatic rings. The van der Waals surface area contributed by atoms with E-state index in [-0.39, 0.29) is 5.41 Å². The topological polar surface area (TPSA) is 0 Å². The lowest BCUT2D eigenvalue weighted by molar-refractivity contribution is 0.574. The van der Waals surface area contributed by atoms with Gasteiger partial charge in [0.1, 0.15) is 0 Å². The van der Waals surface area contributed by atoms with Crippen LogP contribution in [0.15, 0.2) is 49.1 Å². The van der Waals surface area contributed by atoms with Crippen LogP contribution < -0.4 is 10.4 Å². The fourth-order valence-corrected chi connectivity index (χ4v) is 3.84. The van der Waals surface area contributed by atoms with Crippen molar-refractivity contribution in [1.29, 1.82) is 0 Å². The average Bonchev–Trinajstić information content (AvgIpc) is 2.98. The summed E-state index contributed by atoms with van der Waals surface area (Å²) in [4.78, 5) is 0. The second kappa shape index (κ2) is 11.1. The molecule has 1 aliphatic carbocycles. The van der Waals surface area contributed by atoms with Crippen LogP contribution in [0, 0.1) is 5.41 Å². The maximum absolute atomic E-state index is 3.97. The summed E-state index contributed by atoms with van der Waals surface area (Å²) in [6.45, 7) is 6.26. The highest BCUT2D eigenvalue weighted by Crippen LogP contribution is 2.33. The van der Waals surface area contributed by atoms with Gasteiger partial charge in [0.25, 0.3) is 0 Å². The van der Waals surface area contributed by atoms with Crippen LogP contribution in [0.5, 0.6) is 0 Å². The number of allylic oxidation sites excluding steroid dienone is 3. The Kier molecular flexibility index (Phi) is 8.80. The van der Waals surface area contributed by atoms with Gasteiger partial charge in [-0.25, -0.2) is 0 Å².